The van der Waals surface area contributed by atoms with Crippen LogP contribution in [0, 0.1) is 0 Å². The molecular weight excluding hydrogens is 517 g/mol. The molecule has 2 fully saturated rings. The van der Waals surface area contributed by atoms with Crippen molar-refractivity contribution in [1.82, 2.24) is 10.2 Å². The first-order valence-corrected chi connectivity index (χ1v) is 12.2. The second-order valence-corrected chi connectivity index (χ2v) is 8.54. The number of guanidine groups is 1. The second-order valence-electron chi connectivity index (χ2n) is 8.54. The number of halogens is 1. The van der Waals surface area contributed by atoms with Crippen molar-refractivity contribution < 1.29 is 14.2 Å². The highest BCUT2D eigenvalue weighted by molar-refractivity contribution is 14.0. The van der Waals surface area contributed by atoms with Gasteiger partial charge in [0.25, 0.3) is 0 Å². The fourth-order valence-corrected chi connectivity index (χ4v) is 4.21. The molecule has 0 saturated carbocycles. The summed E-state index contributed by atoms with van der Waals surface area (Å²) >= 11 is 0. The van der Waals surface area contributed by atoms with Crippen LogP contribution in [0.2, 0.25) is 0 Å². The standard InChI is InChI=1S/C25H41N3O3.HI/c1-26-25(27-15-6-8-18-29-20-14-22-9-3-2-4-10-22)28-16-12-23(13-17-28)31-21-24-11-5-7-19-30-24;/h2-4,9-10,23-24H,5-8,11-21H2,1H3,(H,26,27);1H. The zero-order chi connectivity index (χ0) is 21.6. The molecule has 1 aromatic rings. The first-order valence-electron chi connectivity index (χ1n) is 12.2. The number of likely N-dealkylation sites (tertiary alicyclic amines) is 1. The Kier molecular flexibility index (Phi) is 14.2. The lowest BCUT2D eigenvalue weighted by Gasteiger charge is -2.35. The van der Waals surface area contributed by atoms with Crippen LogP contribution in [0.4, 0.5) is 0 Å². The van der Waals surface area contributed by atoms with Gasteiger partial charge >= 0.3 is 0 Å². The van der Waals surface area contributed by atoms with E-state index in [9.17, 15) is 0 Å². The van der Waals surface area contributed by atoms with E-state index in [2.05, 4.69) is 45.5 Å². The van der Waals surface area contributed by atoms with Gasteiger partial charge in [0.2, 0.25) is 0 Å². The smallest absolute Gasteiger partial charge is 0.193 e. The molecular formula is C25H42IN3O3. The van der Waals surface area contributed by atoms with Gasteiger partial charge in [-0.15, -0.1) is 24.0 Å². The topological polar surface area (TPSA) is 55.3 Å². The van der Waals surface area contributed by atoms with E-state index in [4.69, 9.17) is 14.2 Å². The lowest BCUT2D eigenvalue weighted by atomic mass is 10.1. The molecule has 3 rings (SSSR count). The minimum atomic E-state index is 0. The van der Waals surface area contributed by atoms with E-state index in [1.165, 1.54) is 18.4 Å². The van der Waals surface area contributed by atoms with Gasteiger partial charge < -0.3 is 24.4 Å². The average Bonchev–Trinajstić information content (AvgIpc) is 2.84. The van der Waals surface area contributed by atoms with Gasteiger partial charge in [-0.3, -0.25) is 4.99 Å². The average molecular weight is 560 g/mol. The number of benzene rings is 1. The third kappa shape index (κ3) is 10.4. The van der Waals surface area contributed by atoms with E-state index < -0.39 is 0 Å². The van der Waals surface area contributed by atoms with E-state index in [1.807, 2.05) is 7.05 Å². The summed E-state index contributed by atoms with van der Waals surface area (Å²) in [5, 5.41) is 3.51. The predicted molar refractivity (Wildman–Crippen MR) is 141 cm³/mol. The van der Waals surface area contributed by atoms with E-state index >= 15 is 0 Å². The van der Waals surface area contributed by atoms with Crippen LogP contribution in [0.25, 0.3) is 0 Å². The van der Waals surface area contributed by atoms with E-state index in [1.54, 1.807) is 0 Å². The van der Waals surface area contributed by atoms with Gasteiger partial charge in [0.1, 0.15) is 0 Å². The van der Waals surface area contributed by atoms with E-state index in [-0.39, 0.29) is 24.0 Å². The second kappa shape index (κ2) is 16.7. The molecule has 7 heteroatoms. The van der Waals surface area contributed by atoms with E-state index in [0.717, 1.165) is 90.5 Å². The number of piperidine rings is 1. The molecule has 0 aromatic heterocycles. The monoisotopic (exact) mass is 559 g/mol. The van der Waals surface area contributed by atoms with Crippen LogP contribution >= 0.6 is 24.0 Å². The molecule has 0 radical (unpaired) electrons. The van der Waals surface area contributed by atoms with Gasteiger partial charge in [-0.25, -0.2) is 0 Å². The van der Waals surface area contributed by atoms with Crippen LogP contribution in [0.15, 0.2) is 35.3 Å². The maximum Gasteiger partial charge on any atom is 0.193 e. The molecule has 32 heavy (non-hydrogen) atoms. The van der Waals surface area contributed by atoms with Crippen LogP contribution < -0.4 is 5.32 Å². The Labute approximate surface area is 211 Å². The summed E-state index contributed by atoms with van der Waals surface area (Å²) in [5.74, 6) is 1.01. The first kappa shape index (κ1) is 27.3. The molecule has 1 aromatic carbocycles. The van der Waals surface area contributed by atoms with Crippen LogP contribution in [-0.4, -0.2) is 76.2 Å². The summed E-state index contributed by atoms with van der Waals surface area (Å²) in [4.78, 5) is 6.83. The van der Waals surface area contributed by atoms with Crippen molar-refractivity contribution in [3.8, 4) is 0 Å². The first-order chi connectivity index (χ1) is 15.3. The Morgan fingerprint density at radius 1 is 1.09 bits per heavy atom. The largest absolute Gasteiger partial charge is 0.381 e. The molecule has 0 bridgehead atoms. The Balaban J connectivity index is 0.00000363. The lowest BCUT2D eigenvalue weighted by Crippen LogP contribution is -2.47. The molecule has 2 aliphatic heterocycles. The summed E-state index contributed by atoms with van der Waals surface area (Å²) in [6, 6.07) is 10.5. The molecule has 1 N–H and O–H groups in total. The van der Waals surface area contributed by atoms with Crippen molar-refractivity contribution in [1.29, 1.82) is 0 Å². The fraction of sp³-hybridized carbons (Fsp3) is 0.720. The molecule has 0 spiro atoms. The molecule has 1 atom stereocenters. The molecule has 6 nitrogen and oxygen atoms in total. The number of hydrogen-bond acceptors (Lipinski definition) is 4. The zero-order valence-corrected chi connectivity index (χ0v) is 22.0. The SMILES string of the molecule is CN=C(NCCCCOCCc1ccccc1)N1CCC(OCC2CCCCO2)CC1.I. The number of nitrogens with zero attached hydrogens (tertiary/aromatic N) is 2. The molecule has 1 unspecified atom stereocenters. The number of unbranched alkanes of at least 4 members (excludes halogenated alkanes) is 1. The Hall–Kier alpha value is -0.900. The summed E-state index contributed by atoms with van der Waals surface area (Å²) in [5.41, 5.74) is 1.34. The normalized spacial score (nSPS) is 20.1. The molecule has 2 heterocycles. The van der Waals surface area contributed by atoms with Crippen LogP contribution in [0.5, 0.6) is 0 Å². The molecule has 0 aliphatic carbocycles. The lowest BCUT2D eigenvalue weighted by molar-refractivity contribution is -0.0721. The molecule has 182 valence electrons. The number of hydrogen-bond donors (Lipinski definition) is 1. The maximum atomic E-state index is 6.13. The summed E-state index contributed by atoms with van der Waals surface area (Å²) < 4.78 is 17.7. The third-order valence-corrected chi connectivity index (χ3v) is 6.12. The Morgan fingerprint density at radius 2 is 1.91 bits per heavy atom. The van der Waals surface area contributed by atoms with Gasteiger partial charge in [0.15, 0.2) is 5.96 Å². The highest BCUT2D eigenvalue weighted by Gasteiger charge is 2.23. The summed E-state index contributed by atoms with van der Waals surface area (Å²) in [6.07, 6.45) is 9.54. The number of nitrogens with one attached hydrogen (secondary N) is 1. The van der Waals surface area contributed by atoms with Gasteiger partial charge in [0, 0.05) is 39.9 Å². The van der Waals surface area contributed by atoms with Crippen molar-refractivity contribution in [3.05, 3.63) is 35.9 Å². The number of aliphatic imine (C=N–C) groups is 1. The van der Waals surface area contributed by atoms with Gasteiger partial charge in [-0.1, -0.05) is 30.3 Å². The van der Waals surface area contributed by atoms with Crippen molar-refractivity contribution in [2.45, 2.75) is 63.6 Å². The minimum Gasteiger partial charge on any atom is -0.381 e. The summed E-state index contributed by atoms with van der Waals surface area (Å²) in [6.45, 7) is 6.20. The van der Waals surface area contributed by atoms with Crippen LogP contribution in [0.3, 0.4) is 0 Å². The highest BCUT2D eigenvalue weighted by Crippen LogP contribution is 2.18. The van der Waals surface area contributed by atoms with E-state index in [0.29, 0.717) is 12.2 Å². The van der Waals surface area contributed by atoms with Gasteiger partial charge in [0.05, 0.1) is 25.4 Å². The Morgan fingerprint density at radius 3 is 2.62 bits per heavy atom. The number of ether oxygens (including phenoxy) is 3. The van der Waals surface area contributed by atoms with Crippen molar-refractivity contribution in [2.75, 3.05) is 53.1 Å². The van der Waals surface area contributed by atoms with Gasteiger partial charge in [-0.05, 0) is 56.9 Å². The predicted octanol–water partition coefficient (Wildman–Crippen LogP) is 4.27. The van der Waals surface area contributed by atoms with Crippen LogP contribution in [-0.2, 0) is 20.6 Å². The molecule has 0 amide bonds. The molecule has 2 saturated heterocycles. The minimum absolute atomic E-state index is 0. The third-order valence-electron chi connectivity index (χ3n) is 6.12. The Bertz CT molecular complexity index is 618. The summed E-state index contributed by atoms with van der Waals surface area (Å²) in [7, 11) is 1.87. The van der Waals surface area contributed by atoms with Crippen LogP contribution in [0.1, 0.15) is 50.5 Å². The van der Waals surface area contributed by atoms with Crippen molar-refractivity contribution in [3.63, 3.8) is 0 Å². The number of rotatable bonds is 11. The van der Waals surface area contributed by atoms with Gasteiger partial charge in [-0.2, -0.15) is 0 Å². The molecule has 2 aliphatic rings. The quantitative estimate of drug-likeness (QED) is 0.190. The fourth-order valence-electron chi connectivity index (χ4n) is 4.21. The van der Waals surface area contributed by atoms with Crippen molar-refractivity contribution in [2.24, 2.45) is 4.99 Å². The zero-order valence-electron chi connectivity index (χ0n) is 19.7. The van der Waals surface area contributed by atoms with Crippen molar-refractivity contribution >= 4 is 29.9 Å². The maximum absolute atomic E-state index is 6.13. The highest BCUT2D eigenvalue weighted by atomic mass is 127.